The minimum atomic E-state index is -2.00. The second-order valence-electron chi connectivity index (χ2n) is 5.50. The first kappa shape index (κ1) is 17.6. The molecule has 0 saturated heterocycles. The number of Topliss-reactive ketones (excluding diaryl/α,β-unsaturated/α-hetero) is 1. The van der Waals surface area contributed by atoms with E-state index in [0.717, 1.165) is 0 Å². The van der Waals surface area contributed by atoms with E-state index < -0.39 is 29.2 Å². The zero-order valence-electron chi connectivity index (χ0n) is 13.6. The molecule has 6 nitrogen and oxygen atoms in total. The molecule has 1 N–H and O–H groups in total. The quantitative estimate of drug-likeness (QED) is 0.479. The Labute approximate surface area is 139 Å². The normalized spacial score (nSPS) is 24.9. The number of hydrogen-bond donors (Lipinski definition) is 1. The number of esters is 1. The van der Waals surface area contributed by atoms with Crippen LogP contribution in [0.15, 0.2) is 59.6 Å². The maximum atomic E-state index is 12.6. The predicted octanol–water partition coefficient (Wildman–Crippen LogP) is 1.68. The van der Waals surface area contributed by atoms with Gasteiger partial charge >= 0.3 is 5.97 Å². The van der Waals surface area contributed by atoms with Crippen LogP contribution in [0.5, 0.6) is 0 Å². The third-order valence-electron chi connectivity index (χ3n) is 3.57. The molecular weight excluding hydrogens is 312 g/mol. The van der Waals surface area contributed by atoms with Crippen LogP contribution in [-0.4, -0.2) is 34.3 Å². The summed E-state index contributed by atoms with van der Waals surface area (Å²) >= 11 is 0. The Hall–Kier alpha value is -2.73. The van der Waals surface area contributed by atoms with Crippen LogP contribution in [-0.2, 0) is 23.9 Å². The lowest BCUT2D eigenvalue weighted by molar-refractivity contribution is -0.174. The van der Waals surface area contributed by atoms with Crippen molar-refractivity contribution < 1.29 is 29.0 Å². The van der Waals surface area contributed by atoms with Crippen molar-refractivity contribution in [3.05, 3.63) is 59.6 Å². The molecule has 2 atom stereocenters. The average molecular weight is 330 g/mol. The monoisotopic (exact) mass is 330 g/mol. The van der Waals surface area contributed by atoms with Gasteiger partial charge in [0.1, 0.15) is 18.1 Å². The Morgan fingerprint density at radius 2 is 2.04 bits per heavy atom. The molecule has 2 rings (SSSR count). The minimum absolute atomic E-state index is 0.138. The van der Waals surface area contributed by atoms with Gasteiger partial charge in [-0.05, 0) is 44.6 Å². The molecule has 0 spiro atoms. The SMILES string of the molecule is C/C=C/C=C/C1=CC2=CC(=O)C(C)(OC(=O)C(C)O)C(=O)C2=CO1. The summed E-state index contributed by atoms with van der Waals surface area (Å²) in [6, 6.07) is 0. The van der Waals surface area contributed by atoms with E-state index in [1.807, 2.05) is 19.1 Å². The number of ether oxygens (including phenoxy) is 2. The molecule has 2 aliphatic rings. The number of carbonyl (C=O) groups excluding carboxylic acids is 3. The zero-order valence-corrected chi connectivity index (χ0v) is 13.6. The van der Waals surface area contributed by atoms with Gasteiger partial charge in [0.2, 0.25) is 17.2 Å². The first-order valence-electron chi connectivity index (χ1n) is 7.39. The summed E-state index contributed by atoms with van der Waals surface area (Å²) in [6.45, 7) is 4.27. The number of hydrogen-bond acceptors (Lipinski definition) is 6. The molecule has 0 aromatic carbocycles. The maximum Gasteiger partial charge on any atom is 0.336 e. The first-order valence-corrected chi connectivity index (χ1v) is 7.39. The lowest BCUT2D eigenvalue weighted by Gasteiger charge is -2.31. The Kier molecular flexibility index (Phi) is 4.99. The second kappa shape index (κ2) is 6.80. The largest absolute Gasteiger partial charge is 0.464 e. The molecule has 6 heteroatoms. The Morgan fingerprint density at radius 1 is 1.33 bits per heavy atom. The van der Waals surface area contributed by atoms with Crippen LogP contribution in [0.1, 0.15) is 20.8 Å². The molecule has 0 aromatic rings. The van der Waals surface area contributed by atoms with Crippen molar-refractivity contribution in [1.29, 1.82) is 0 Å². The van der Waals surface area contributed by atoms with E-state index in [1.54, 1.807) is 18.2 Å². The molecule has 0 fully saturated rings. The summed E-state index contributed by atoms with van der Waals surface area (Å²) < 4.78 is 10.3. The highest BCUT2D eigenvalue weighted by atomic mass is 16.6. The summed E-state index contributed by atoms with van der Waals surface area (Å²) in [5.74, 6) is -1.93. The van der Waals surface area contributed by atoms with Crippen molar-refractivity contribution in [2.45, 2.75) is 32.5 Å². The van der Waals surface area contributed by atoms with Crippen molar-refractivity contribution in [2.24, 2.45) is 0 Å². The number of fused-ring (bicyclic) bond motifs is 1. The van der Waals surface area contributed by atoms with Gasteiger partial charge in [0.15, 0.2) is 0 Å². The van der Waals surface area contributed by atoms with E-state index in [2.05, 4.69) is 0 Å². The lowest BCUT2D eigenvalue weighted by atomic mass is 9.80. The van der Waals surface area contributed by atoms with Gasteiger partial charge in [-0.1, -0.05) is 18.2 Å². The zero-order chi connectivity index (χ0) is 17.9. The van der Waals surface area contributed by atoms with E-state index in [0.29, 0.717) is 11.3 Å². The summed E-state index contributed by atoms with van der Waals surface area (Å²) in [5.41, 5.74) is -1.47. The van der Waals surface area contributed by atoms with Crippen LogP contribution < -0.4 is 0 Å². The lowest BCUT2D eigenvalue weighted by Crippen LogP contribution is -2.51. The fraction of sp³-hybridized carbons (Fsp3) is 0.278. The number of aliphatic hydroxyl groups excluding tert-OH is 1. The molecule has 0 amide bonds. The van der Waals surface area contributed by atoms with Crippen molar-refractivity contribution in [3.8, 4) is 0 Å². The number of allylic oxidation sites excluding steroid dienone is 6. The van der Waals surface area contributed by atoms with Crippen molar-refractivity contribution in [2.75, 3.05) is 0 Å². The van der Waals surface area contributed by atoms with E-state index in [9.17, 15) is 19.5 Å². The van der Waals surface area contributed by atoms with Crippen LogP contribution in [0.25, 0.3) is 0 Å². The third-order valence-corrected chi connectivity index (χ3v) is 3.57. The van der Waals surface area contributed by atoms with Gasteiger partial charge < -0.3 is 14.6 Å². The van der Waals surface area contributed by atoms with Crippen LogP contribution in [0.4, 0.5) is 0 Å². The minimum Gasteiger partial charge on any atom is -0.464 e. The maximum absolute atomic E-state index is 12.6. The summed E-state index contributed by atoms with van der Waals surface area (Å²) in [5, 5.41) is 9.23. The number of carbonyl (C=O) groups is 3. The van der Waals surface area contributed by atoms with Gasteiger partial charge in [0.25, 0.3) is 0 Å². The molecular formula is C18H18O6. The molecule has 0 saturated carbocycles. The second-order valence-corrected chi connectivity index (χ2v) is 5.50. The van der Waals surface area contributed by atoms with Crippen molar-refractivity contribution in [1.82, 2.24) is 0 Å². The predicted molar refractivity (Wildman–Crippen MR) is 85.5 cm³/mol. The highest BCUT2D eigenvalue weighted by Gasteiger charge is 2.49. The molecule has 24 heavy (non-hydrogen) atoms. The van der Waals surface area contributed by atoms with Gasteiger partial charge in [0.05, 0.1) is 5.57 Å². The van der Waals surface area contributed by atoms with Gasteiger partial charge in [0, 0.05) is 0 Å². The topological polar surface area (TPSA) is 89.9 Å². The first-order chi connectivity index (χ1) is 11.3. The fourth-order valence-electron chi connectivity index (χ4n) is 2.14. The summed E-state index contributed by atoms with van der Waals surface area (Å²) in [7, 11) is 0. The van der Waals surface area contributed by atoms with Crippen LogP contribution in [0, 0.1) is 0 Å². The van der Waals surface area contributed by atoms with Crippen molar-refractivity contribution >= 4 is 17.5 Å². The smallest absolute Gasteiger partial charge is 0.336 e. The Bertz CT molecular complexity index is 733. The summed E-state index contributed by atoms with van der Waals surface area (Å²) in [4.78, 5) is 36.5. The summed E-state index contributed by atoms with van der Waals surface area (Å²) in [6.07, 6.45) is 9.67. The number of rotatable bonds is 4. The molecule has 1 aliphatic heterocycles. The van der Waals surface area contributed by atoms with Gasteiger partial charge in [-0.2, -0.15) is 0 Å². The molecule has 2 unspecified atom stereocenters. The molecule has 126 valence electrons. The van der Waals surface area contributed by atoms with Crippen molar-refractivity contribution in [3.63, 3.8) is 0 Å². The number of aliphatic hydroxyl groups is 1. The highest BCUT2D eigenvalue weighted by molar-refractivity contribution is 6.26. The van der Waals surface area contributed by atoms with Crippen LogP contribution >= 0.6 is 0 Å². The molecule has 1 aliphatic carbocycles. The third kappa shape index (κ3) is 3.28. The van der Waals surface area contributed by atoms with E-state index in [-0.39, 0.29) is 5.57 Å². The Balaban J connectivity index is 2.33. The van der Waals surface area contributed by atoms with Crippen LogP contribution in [0.2, 0.25) is 0 Å². The standard InChI is InChI=1S/C18H18O6/c1-4-5-6-7-13-8-12-9-15(20)18(3,24-17(22)11(2)19)16(21)14(12)10-23-13/h4-11,19H,1-3H3/b5-4+,7-6+. The van der Waals surface area contributed by atoms with E-state index in [4.69, 9.17) is 9.47 Å². The van der Waals surface area contributed by atoms with Gasteiger partial charge in [-0.3, -0.25) is 9.59 Å². The van der Waals surface area contributed by atoms with Gasteiger partial charge in [-0.25, -0.2) is 4.79 Å². The fourth-order valence-corrected chi connectivity index (χ4v) is 2.14. The average Bonchev–Trinajstić information content (AvgIpc) is 2.53. The molecule has 0 radical (unpaired) electrons. The number of ketones is 2. The van der Waals surface area contributed by atoms with E-state index >= 15 is 0 Å². The molecule has 0 bridgehead atoms. The Morgan fingerprint density at radius 3 is 2.67 bits per heavy atom. The van der Waals surface area contributed by atoms with Gasteiger partial charge in [-0.15, -0.1) is 0 Å². The molecule has 0 aromatic heterocycles. The highest BCUT2D eigenvalue weighted by Crippen LogP contribution is 2.33. The van der Waals surface area contributed by atoms with E-state index in [1.165, 1.54) is 26.2 Å². The van der Waals surface area contributed by atoms with Crippen LogP contribution in [0.3, 0.4) is 0 Å². The molecule has 1 heterocycles.